The van der Waals surface area contributed by atoms with Crippen molar-refractivity contribution >= 4 is 39.9 Å². The molecular weight excluding hydrogens is 609 g/mol. The Balaban J connectivity index is 0.00000101. The molecule has 0 aliphatic carbocycles. The summed E-state index contributed by atoms with van der Waals surface area (Å²) in [6, 6.07) is 43.1. The lowest BCUT2D eigenvalue weighted by atomic mass is 9.75. The lowest BCUT2D eigenvalue weighted by Crippen LogP contribution is -2.37. The number of pyridine rings is 1. The molecule has 6 rings (SSSR count). The molecule has 0 radical (unpaired) electrons. The molecule has 0 fully saturated rings. The zero-order valence-corrected chi connectivity index (χ0v) is 32.5. The topological polar surface area (TPSA) is 22.6 Å². The third kappa shape index (κ3) is 9.04. The number of hydrogen-bond acceptors (Lipinski definition) is 4. The first-order chi connectivity index (χ1) is 24.6. The van der Waals surface area contributed by atoms with Crippen molar-refractivity contribution in [1.82, 2.24) is 4.98 Å². The predicted octanol–water partition coefficient (Wildman–Crippen LogP) is 14.5. The number of hydrogen-bond donors (Lipinski definition) is 0. The first-order valence-corrected chi connectivity index (χ1v) is 18.7. The predicted molar refractivity (Wildman–Crippen MR) is 223 cm³/mol. The fraction of sp³-hybridized carbons (Fsp3) is 0.326. The van der Waals surface area contributed by atoms with Gasteiger partial charge in [-0.15, -0.1) is 13.2 Å². The minimum atomic E-state index is 0.0379. The van der Waals surface area contributed by atoms with E-state index >= 15 is 0 Å². The zero-order valence-electron chi connectivity index (χ0n) is 32.5. The second kappa shape index (κ2) is 21.3. The Morgan fingerprint density at radius 3 is 1.62 bits per heavy atom. The highest BCUT2D eigenvalue weighted by Gasteiger charge is 2.39. The Morgan fingerprint density at radius 2 is 1.12 bits per heavy atom. The smallest absolute Gasteiger partial charge is 0.158 e. The molecule has 0 amide bonds. The van der Waals surface area contributed by atoms with E-state index in [1.807, 2.05) is 47.7 Å². The highest BCUT2D eigenvalue weighted by Crippen LogP contribution is 2.51. The molecule has 1 aliphatic heterocycles. The molecule has 0 spiro atoms. The van der Waals surface area contributed by atoms with Crippen LogP contribution in [0.2, 0.25) is 0 Å². The normalized spacial score (nSPS) is 13.7. The molecule has 2 atom stereocenters. The van der Waals surface area contributed by atoms with E-state index in [0.717, 1.165) is 53.5 Å². The van der Waals surface area contributed by atoms with Crippen LogP contribution in [0.1, 0.15) is 94.1 Å². The lowest BCUT2D eigenvalue weighted by Gasteiger charge is -2.36. The number of aromatic nitrogens is 1. The number of para-hydroxylation sites is 4. The van der Waals surface area contributed by atoms with Crippen LogP contribution in [-0.4, -0.2) is 11.1 Å². The van der Waals surface area contributed by atoms with Gasteiger partial charge in [-0.05, 0) is 79.3 Å². The maximum atomic E-state index is 5.25. The Hall–Kier alpha value is -4.83. The van der Waals surface area contributed by atoms with Gasteiger partial charge < -0.3 is 14.7 Å². The van der Waals surface area contributed by atoms with Crippen molar-refractivity contribution in [2.24, 2.45) is 0 Å². The molecule has 0 N–H and O–H groups in total. The first-order valence-electron chi connectivity index (χ1n) is 18.7. The van der Waals surface area contributed by atoms with Crippen molar-refractivity contribution in [2.45, 2.75) is 100 Å². The van der Waals surface area contributed by atoms with Crippen LogP contribution in [0.15, 0.2) is 141 Å². The minimum Gasteiger partial charge on any atom is -0.317 e. The van der Waals surface area contributed by atoms with Crippen molar-refractivity contribution in [3.8, 4) is 0 Å². The Morgan fingerprint density at radius 1 is 0.640 bits per heavy atom. The van der Waals surface area contributed by atoms with E-state index in [-0.39, 0.29) is 11.6 Å². The standard InChI is InChI=1S/C38H40N4.3C2H6.C2H4/c1-5-26-38(4,6-2)34-24-16-17-25-35(34)41-29(3)40(30-18-10-7-11-19-30)36-27-33(28-39-37(36)41)42(31-20-12-8-13-21-31)32-22-14-9-15-23-32;4*1-2/h7-25,27-29H,5-6,26H2,1-4H3;3*1-2H3;1-2H2. The Bertz CT molecular complexity index is 1600. The van der Waals surface area contributed by atoms with Gasteiger partial charge in [0.05, 0.1) is 17.6 Å². The van der Waals surface area contributed by atoms with Gasteiger partial charge in [-0.3, -0.25) is 0 Å². The number of nitrogens with zero attached hydrogens (tertiary/aromatic N) is 4. The molecule has 0 saturated carbocycles. The summed E-state index contributed by atoms with van der Waals surface area (Å²) >= 11 is 0. The third-order valence-corrected chi connectivity index (χ3v) is 8.79. The van der Waals surface area contributed by atoms with E-state index in [9.17, 15) is 0 Å². The van der Waals surface area contributed by atoms with E-state index in [1.54, 1.807) is 0 Å². The van der Waals surface area contributed by atoms with Gasteiger partial charge in [0.1, 0.15) is 6.17 Å². The minimum absolute atomic E-state index is 0.0379. The fourth-order valence-electron chi connectivity index (χ4n) is 6.52. The molecule has 266 valence electrons. The second-order valence-corrected chi connectivity index (χ2v) is 11.4. The van der Waals surface area contributed by atoms with Crippen LogP contribution in [0.5, 0.6) is 0 Å². The van der Waals surface area contributed by atoms with Crippen LogP contribution in [0.25, 0.3) is 0 Å². The molecule has 1 aliphatic rings. The van der Waals surface area contributed by atoms with Gasteiger partial charge in [0, 0.05) is 22.7 Å². The largest absolute Gasteiger partial charge is 0.317 e. The van der Waals surface area contributed by atoms with Crippen LogP contribution < -0.4 is 14.7 Å². The van der Waals surface area contributed by atoms with Crippen LogP contribution >= 0.6 is 0 Å². The van der Waals surface area contributed by atoms with E-state index in [0.29, 0.717) is 0 Å². The monoisotopic (exact) mass is 670 g/mol. The average molecular weight is 671 g/mol. The van der Waals surface area contributed by atoms with E-state index in [4.69, 9.17) is 4.98 Å². The summed E-state index contributed by atoms with van der Waals surface area (Å²) in [5.74, 6) is 0.985. The highest BCUT2D eigenvalue weighted by molar-refractivity contribution is 5.90. The van der Waals surface area contributed by atoms with Gasteiger partial charge in [0.2, 0.25) is 0 Å². The van der Waals surface area contributed by atoms with Gasteiger partial charge in [0.15, 0.2) is 5.82 Å². The van der Waals surface area contributed by atoms with Crippen LogP contribution in [0.4, 0.5) is 39.9 Å². The van der Waals surface area contributed by atoms with Crippen molar-refractivity contribution in [2.75, 3.05) is 14.7 Å². The number of fused-ring (bicyclic) bond motifs is 1. The van der Waals surface area contributed by atoms with Gasteiger partial charge in [-0.25, -0.2) is 4.98 Å². The second-order valence-electron chi connectivity index (χ2n) is 11.4. The SMILES string of the molecule is C=C.CC.CC.CC.CCCC(C)(CC)c1ccccc1N1c2ncc(N(c3ccccc3)c3ccccc3)cc2N(c2ccccc2)C1C. The molecule has 2 unspecified atom stereocenters. The van der Waals surface area contributed by atoms with E-state index in [2.05, 4.69) is 177 Å². The summed E-state index contributed by atoms with van der Waals surface area (Å²) in [6.07, 6.45) is 5.45. The fourth-order valence-corrected chi connectivity index (χ4v) is 6.52. The van der Waals surface area contributed by atoms with Crippen molar-refractivity contribution in [3.63, 3.8) is 0 Å². The summed E-state index contributed by atoms with van der Waals surface area (Å²) in [5, 5.41) is 0. The van der Waals surface area contributed by atoms with E-state index < -0.39 is 0 Å². The maximum Gasteiger partial charge on any atom is 0.158 e. The molecular formula is C46H62N4. The zero-order chi connectivity index (χ0) is 37.1. The summed E-state index contributed by atoms with van der Waals surface area (Å²) in [7, 11) is 0. The van der Waals surface area contributed by atoms with Crippen LogP contribution in [0, 0.1) is 0 Å². The molecule has 1 aromatic heterocycles. The van der Waals surface area contributed by atoms with Crippen LogP contribution in [0.3, 0.4) is 0 Å². The molecule has 5 aromatic rings. The summed E-state index contributed by atoms with van der Waals surface area (Å²) in [6.45, 7) is 27.3. The third-order valence-electron chi connectivity index (χ3n) is 8.79. The van der Waals surface area contributed by atoms with Crippen molar-refractivity contribution in [3.05, 3.63) is 146 Å². The number of anilines is 7. The summed E-state index contributed by atoms with van der Waals surface area (Å²) in [5.41, 5.74) is 8.21. The summed E-state index contributed by atoms with van der Waals surface area (Å²) in [4.78, 5) is 12.4. The number of rotatable bonds is 9. The quantitative estimate of drug-likeness (QED) is 0.146. The molecule has 4 aromatic carbocycles. The Kier molecular flexibility index (Phi) is 17.6. The Labute approximate surface area is 305 Å². The van der Waals surface area contributed by atoms with Gasteiger partial charge in [-0.2, -0.15) is 0 Å². The van der Waals surface area contributed by atoms with Crippen molar-refractivity contribution < 1.29 is 0 Å². The molecule has 0 bridgehead atoms. The number of benzene rings is 4. The summed E-state index contributed by atoms with van der Waals surface area (Å²) < 4.78 is 0. The highest BCUT2D eigenvalue weighted by atomic mass is 15.4. The maximum absolute atomic E-state index is 5.25. The first kappa shape index (κ1) is 41.3. The van der Waals surface area contributed by atoms with Gasteiger partial charge in [0.25, 0.3) is 0 Å². The lowest BCUT2D eigenvalue weighted by molar-refractivity contribution is 0.414. The molecule has 0 saturated heterocycles. The van der Waals surface area contributed by atoms with Gasteiger partial charge in [-0.1, -0.05) is 142 Å². The van der Waals surface area contributed by atoms with Crippen LogP contribution in [-0.2, 0) is 5.41 Å². The average Bonchev–Trinajstić information content (AvgIpc) is 3.50. The molecule has 2 heterocycles. The molecule has 4 nitrogen and oxygen atoms in total. The van der Waals surface area contributed by atoms with Crippen molar-refractivity contribution in [1.29, 1.82) is 0 Å². The molecule has 4 heteroatoms. The molecule has 50 heavy (non-hydrogen) atoms. The van der Waals surface area contributed by atoms with E-state index in [1.165, 1.54) is 11.3 Å². The van der Waals surface area contributed by atoms with Gasteiger partial charge >= 0.3 is 0 Å².